The summed E-state index contributed by atoms with van der Waals surface area (Å²) >= 11 is 0. The Morgan fingerprint density at radius 1 is 1.38 bits per heavy atom. The van der Waals surface area contributed by atoms with Crippen LogP contribution < -0.4 is 0 Å². The lowest BCUT2D eigenvalue weighted by molar-refractivity contribution is -0.172. The number of rotatable bonds is 7. The zero-order chi connectivity index (χ0) is 12.8. The summed E-state index contributed by atoms with van der Waals surface area (Å²) in [6.07, 6.45) is -0.239. The van der Waals surface area contributed by atoms with E-state index in [1.807, 2.05) is 0 Å². The van der Waals surface area contributed by atoms with Gasteiger partial charge in [0.05, 0.1) is 19.5 Å². The van der Waals surface area contributed by atoms with Gasteiger partial charge in [-0.2, -0.15) is 17.2 Å². The number of hydrogen-bond acceptors (Lipinski definition) is 5. The molecule has 0 fully saturated rings. The second-order valence-corrected chi connectivity index (χ2v) is 4.70. The van der Waals surface area contributed by atoms with Crippen LogP contribution in [-0.2, 0) is 23.8 Å². The predicted octanol–water partition coefficient (Wildman–Crippen LogP) is 0.941. The number of carbonyl (C=O) groups excluding carboxylic acids is 1. The molecule has 5 nitrogen and oxygen atoms in total. The quantitative estimate of drug-likeness (QED) is 0.387. The highest BCUT2D eigenvalue weighted by molar-refractivity contribution is 7.85. The average Bonchev–Trinajstić information content (AvgIpc) is 2.11. The van der Waals surface area contributed by atoms with E-state index >= 15 is 0 Å². The number of halogens is 2. The molecule has 0 saturated carbocycles. The Morgan fingerprint density at radius 2 is 1.94 bits per heavy atom. The minimum Gasteiger partial charge on any atom is -0.462 e. The number of hydrogen-bond donors (Lipinski definition) is 0. The minimum atomic E-state index is -3.63. The van der Waals surface area contributed by atoms with Crippen LogP contribution in [0.15, 0.2) is 0 Å². The van der Waals surface area contributed by atoms with Crippen molar-refractivity contribution in [3.05, 3.63) is 0 Å². The predicted molar refractivity (Wildman–Crippen MR) is 51.6 cm³/mol. The highest BCUT2D eigenvalue weighted by Gasteiger charge is 2.39. The zero-order valence-corrected chi connectivity index (χ0v) is 9.85. The van der Waals surface area contributed by atoms with E-state index in [-0.39, 0.29) is 19.6 Å². The van der Waals surface area contributed by atoms with Crippen LogP contribution in [0.2, 0.25) is 0 Å². The molecule has 0 N–H and O–H groups in total. The Hall–Kier alpha value is -0.760. The summed E-state index contributed by atoms with van der Waals surface area (Å²) in [6, 6.07) is 0. The Morgan fingerprint density at radius 3 is 2.38 bits per heavy atom. The molecule has 0 aliphatic carbocycles. The number of esters is 1. The van der Waals surface area contributed by atoms with Gasteiger partial charge in [0.2, 0.25) is 0 Å². The van der Waals surface area contributed by atoms with Gasteiger partial charge >= 0.3 is 11.9 Å². The molecule has 0 aromatic heterocycles. The van der Waals surface area contributed by atoms with Crippen LogP contribution >= 0.6 is 0 Å². The van der Waals surface area contributed by atoms with Crippen molar-refractivity contribution in [2.45, 2.75) is 25.7 Å². The smallest absolute Gasteiger partial charge is 0.376 e. The van der Waals surface area contributed by atoms with Gasteiger partial charge in [0.1, 0.15) is 0 Å². The van der Waals surface area contributed by atoms with E-state index in [9.17, 15) is 22.0 Å². The molecule has 0 bridgehead atoms. The molecule has 0 rings (SSSR count). The van der Waals surface area contributed by atoms with Gasteiger partial charge < -0.3 is 4.74 Å². The van der Waals surface area contributed by atoms with E-state index in [4.69, 9.17) is 0 Å². The van der Waals surface area contributed by atoms with Gasteiger partial charge in [0.25, 0.3) is 10.1 Å². The molecule has 0 aromatic rings. The van der Waals surface area contributed by atoms with Crippen molar-refractivity contribution in [3.63, 3.8) is 0 Å². The largest absolute Gasteiger partial charge is 0.462 e. The molecule has 0 saturated heterocycles. The van der Waals surface area contributed by atoms with Crippen molar-refractivity contribution in [1.29, 1.82) is 0 Å². The Bertz CT molecular complexity index is 325. The van der Waals surface area contributed by atoms with Crippen LogP contribution in [0.3, 0.4) is 0 Å². The third-order valence-electron chi connectivity index (χ3n) is 1.51. The molecule has 0 amide bonds. The van der Waals surface area contributed by atoms with Crippen LogP contribution in [-0.4, -0.2) is 39.8 Å². The maximum Gasteiger partial charge on any atom is 0.376 e. The molecule has 8 heteroatoms. The molecular weight excluding hydrogens is 246 g/mol. The molecule has 0 aromatic carbocycles. The summed E-state index contributed by atoms with van der Waals surface area (Å²) in [5, 5.41) is 0. The van der Waals surface area contributed by atoms with Crippen LogP contribution in [0.25, 0.3) is 0 Å². The molecule has 0 unspecified atom stereocenters. The topological polar surface area (TPSA) is 69.7 Å². The monoisotopic (exact) mass is 260 g/mol. The lowest BCUT2D eigenvalue weighted by Crippen LogP contribution is -2.31. The van der Waals surface area contributed by atoms with Crippen molar-refractivity contribution >= 4 is 16.1 Å². The van der Waals surface area contributed by atoms with Crippen LogP contribution in [0.4, 0.5) is 8.78 Å². The number of alkyl halides is 2. The lowest BCUT2D eigenvalue weighted by atomic mass is 10.2. The fraction of sp³-hybridized carbons (Fsp3) is 0.875. The minimum absolute atomic E-state index is 0.131. The Kier molecular flexibility index (Phi) is 5.80. The van der Waals surface area contributed by atoms with Crippen molar-refractivity contribution < 1.29 is 30.9 Å². The van der Waals surface area contributed by atoms with Gasteiger partial charge in [0.15, 0.2) is 0 Å². The lowest BCUT2D eigenvalue weighted by Gasteiger charge is -2.13. The van der Waals surface area contributed by atoms with Crippen LogP contribution in [0.1, 0.15) is 19.8 Å². The summed E-state index contributed by atoms with van der Waals surface area (Å²) in [5.41, 5.74) is 0. The van der Waals surface area contributed by atoms with Gasteiger partial charge in [-0.3, -0.25) is 4.18 Å². The van der Waals surface area contributed by atoms with E-state index in [1.54, 1.807) is 0 Å². The van der Waals surface area contributed by atoms with E-state index in [0.717, 1.165) is 6.26 Å². The van der Waals surface area contributed by atoms with E-state index < -0.39 is 28.4 Å². The summed E-state index contributed by atoms with van der Waals surface area (Å²) < 4.78 is 55.3. The van der Waals surface area contributed by atoms with Gasteiger partial charge in [-0.15, -0.1) is 0 Å². The van der Waals surface area contributed by atoms with E-state index in [2.05, 4.69) is 8.92 Å². The third-order valence-corrected chi connectivity index (χ3v) is 2.10. The second-order valence-electron chi connectivity index (χ2n) is 3.05. The highest BCUT2D eigenvalue weighted by Crippen LogP contribution is 2.22. The van der Waals surface area contributed by atoms with Gasteiger partial charge in [-0.25, -0.2) is 4.79 Å². The molecule has 0 radical (unpaired) electrons. The summed E-state index contributed by atoms with van der Waals surface area (Å²) in [4.78, 5) is 10.7. The standard InChI is InChI=1S/C8H14F2O5S/c1-3-14-7(11)8(9,10)5-4-6-15-16(2,12)13/h3-6H2,1-2H3. The van der Waals surface area contributed by atoms with Crippen LogP contribution in [0.5, 0.6) is 0 Å². The molecule has 0 atom stereocenters. The number of ether oxygens (including phenoxy) is 1. The maximum atomic E-state index is 12.9. The van der Waals surface area contributed by atoms with Gasteiger partial charge in [0, 0.05) is 6.42 Å². The second kappa shape index (κ2) is 6.09. The van der Waals surface area contributed by atoms with E-state index in [0.29, 0.717) is 0 Å². The normalized spacial score (nSPS) is 12.5. The van der Waals surface area contributed by atoms with Crippen molar-refractivity contribution in [3.8, 4) is 0 Å². The highest BCUT2D eigenvalue weighted by atomic mass is 32.2. The Balaban J connectivity index is 3.96. The van der Waals surface area contributed by atoms with Gasteiger partial charge in [-0.1, -0.05) is 0 Å². The third kappa shape index (κ3) is 6.67. The first-order chi connectivity index (χ1) is 7.19. The van der Waals surface area contributed by atoms with Crippen molar-refractivity contribution in [2.24, 2.45) is 0 Å². The fourth-order valence-corrected chi connectivity index (χ4v) is 1.26. The molecule has 16 heavy (non-hydrogen) atoms. The maximum absolute atomic E-state index is 12.9. The first-order valence-electron chi connectivity index (χ1n) is 4.58. The first-order valence-corrected chi connectivity index (χ1v) is 6.40. The Labute approximate surface area is 92.8 Å². The molecule has 0 aliphatic heterocycles. The van der Waals surface area contributed by atoms with E-state index in [1.165, 1.54) is 6.92 Å². The van der Waals surface area contributed by atoms with Crippen molar-refractivity contribution in [2.75, 3.05) is 19.5 Å². The molecule has 0 aliphatic rings. The van der Waals surface area contributed by atoms with Crippen LogP contribution in [0, 0.1) is 0 Å². The number of carbonyl (C=O) groups is 1. The summed E-state index contributed by atoms with van der Waals surface area (Å²) in [6.45, 7) is 0.906. The van der Waals surface area contributed by atoms with Crippen molar-refractivity contribution in [1.82, 2.24) is 0 Å². The molecule has 96 valence electrons. The molecule has 0 spiro atoms. The molecule has 0 heterocycles. The first kappa shape index (κ1) is 15.2. The fourth-order valence-electron chi connectivity index (χ4n) is 0.843. The zero-order valence-electron chi connectivity index (χ0n) is 9.03. The summed E-state index contributed by atoms with van der Waals surface area (Å²) in [7, 11) is -3.63. The SMILES string of the molecule is CCOC(=O)C(F)(F)CCCOS(C)(=O)=O. The van der Waals surface area contributed by atoms with Gasteiger partial charge in [-0.05, 0) is 13.3 Å². The summed E-state index contributed by atoms with van der Waals surface area (Å²) in [5.74, 6) is -5.20. The molecular formula is C8H14F2O5S. The average molecular weight is 260 g/mol.